The van der Waals surface area contributed by atoms with Gasteiger partial charge in [-0.25, -0.2) is 9.97 Å². The van der Waals surface area contributed by atoms with Gasteiger partial charge in [-0.05, 0) is 39.8 Å². The molecule has 2 rings (SSSR count). The van der Waals surface area contributed by atoms with Crippen molar-refractivity contribution in [1.82, 2.24) is 15.3 Å². The summed E-state index contributed by atoms with van der Waals surface area (Å²) in [6, 6.07) is 8.34. The van der Waals surface area contributed by atoms with Crippen LogP contribution in [-0.4, -0.2) is 22.6 Å². The standard InChI is InChI=1S/C17H24N4/c1-13-6-8-15(9-7-13)21(5)16-18-10-14(11-19-16)12-20-17(2,3)4/h6-11,20H,12H2,1-5H3. The number of nitrogens with zero attached hydrogens (tertiary/aromatic N) is 3. The lowest BCUT2D eigenvalue weighted by atomic mass is 10.1. The molecule has 0 aliphatic rings. The molecule has 4 heteroatoms. The lowest BCUT2D eigenvalue weighted by Gasteiger charge is -2.21. The molecule has 4 nitrogen and oxygen atoms in total. The van der Waals surface area contributed by atoms with Crippen LogP contribution in [-0.2, 0) is 6.54 Å². The van der Waals surface area contributed by atoms with Crippen LogP contribution in [0.2, 0.25) is 0 Å². The third kappa shape index (κ3) is 4.53. The van der Waals surface area contributed by atoms with E-state index in [4.69, 9.17) is 0 Å². The minimum atomic E-state index is 0.0946. The number of benzene rings is 1. The summed E-state index contributed by atoms with van der Waals surface area (Å²) in [5.74, 6) is 0.707. The molecule has 21 heavy (non-hydrogen) atoms. The molecule has 0 aliphatic carbocycles. The Hall–Kier alpha value is -1.94. The van der Waals surface area contributed by atoms with Gasteiger partial charge in [-0.2, -0.15) is 0 Å². The summed E-state index contributed by atoms with van der Waals surface area (Å²) in [6.45, 7) is 9.30. The number of hydrogen-bond acceptors (Lipinski definition) is 4. The highest BCUT2D eigenvalue weighted by molar-refractivity contribution is 5.56. The number of aryl methyl sites for hydroxylation is 1. The molecule has 0 saturated heterocycles. The van der Waals surface area contributed by atoms with Crippen LogP contribution in [0.15, 0.2) is 36.7 Å². The zero-order valence-electron chi connectivity index (χ0n) is 13.5. The van der Waals surface area contributed by atoms with Crippen molar-refractivity contribution in [2.45, 2.75) is 39.8 Å². The van der Waals surface area contributed by atoms with E-state index >= 15 is 0 Å². The predicted octanol–water partition coefficient (Wildman–Crippen LogP) is 3.44. The summed E-state index contributed by atoms with van der Waals surface area (Å²) < 4.78 is 0. The quantitative estimate of drug-likeness (QED) is 0.933. The fourth-order valence-corrected chi connectivity index (χ4v) is 1.86. The van der Waals surface area contributed by atoms with E-state index in [1.807, 2.05) is 24.3 Å². The van der Waals surface area contributed by atoms with Crippen molar-refractivity contribution >= 4 is 11.6 Å². The first-order valence-electron chi connectivity index (χ1n) is 7.21. The van der Waals surface area contributed by atoms with Crippen LogP contribution in [0.4, 0.5) is 11.6 Å². The molecule has 0 fully saturated rings. The molecule has 112 valence electrons. The molecule has 0 atom stereocenters. The number of hydrogen-bond donors (Lipinski definition) is 1. The summed E-state index contributed by atoms with van der Waals surface area (Å²) in [5, 5.41) is 3.43. The second-order valence-corrected chi connectivity index (χ2v) is 6.39. The van der Waals surface area contributed by atoms with Crippen molar-refractivity contribution in [3.63, 3.8) is 0 Å². The Bertz CT molecular complexity index is 567. The Balaban J connectivity index is 2.06. The van der Waals surface area contributed by atoms with Crippen LogP contribution in [0.3, 0.4) is 0 Å². The van der Waals surface area contributed by atoms with Crippen LogP contribution in [0.25, 0.3) is 0 Å². The van der Waals surface area contributed by atoms with E-state index in [1.165, 1.54) is 5.56 Å². The van der Waals surface area contributed by atoms with Crippen molar-refractivity contribution in [3.8, 4) is 0 Å². The van der Waals surface area contributed by atoms with E-state index in [-0.39, 0.29) is 5.54 Å². The largest absolute Gasteiger partial charge is 0.314 e. The van der Waals surface area contributed by atoms with E-state index in [9.17, 15) is 0 Å². The predicted molar refractivity (Wildman–Crippen MR) is 87.9 cm³/mol. The maximum atomic E-state index is 4.45. The first-order valence-corrected chi connectivity index (χ1v) is 7.21. The molecule has 0 radical (unpaired) electrons. The fraction of sp³-hybridized carbons (Fsp3) is 0.412. The molecule has 1 aromatic carbocycles. The maximum Gasteiger partial charge on any atom is 0.229 e. The number of nitrogens with one attached hydrogen (secondary N) is 1. The highest BCUT2D eigenvalue weighted by Gasteiger charge is 2.10. The van der Waals surface area contributed by atoms with Gasteiger partial charge in [0.2, 0.25) is 5.95 Å². The summed E-state index contributed by atoms with van der Waals surface area (Å²) in [7, 11) is 1.98. The van der Waals surface area contributed by atoms with Gasteiger partial charge in [0.25, 0.3) is 0 Å². The minimum absolute atomic E-state index is 0.0946. The minimum Gasteiger partial charge on any atom is -0.314 e. The summed E-state index contributed by atoms with van der Waals surface area (Å²) in [5.41, 5.74) is 3.51. The van der Waals surface area contributed by atoms with E-state index in [2.05, 4.69) is 67.2 Å². The molecule has 0 saturated carbocycles. The maximum absolute atomic E-state index is 4.45. The van der Waals surface area contributed by atoms with E-state index in [0.717, 1.165) is 17.8 Å². The average molecular weight is 284 g/mol. The molecule has 2 aromatic rings. The molecule has 1 N–H and O–H groups in total. The summed E-state index contributed by atoms with van der Waals surface area (Å²) in [6.07, 6.45) is 3.76. The Morgan fingerprint density at radius 1 is 1.05 bits per heavy atom. The fourth-order valence-electron chi connectivity index (χ4n) is 1.86. The van der Waals surface area contributed by atoms with Gasteiger partial charge in [0.1, 0.15) is 0 Å². The summed E-state index contributed by atoms with van der Waals surface area (Å²) >= 11 is 0. The van der Waals surface area contributed by atoms with Crippen molar-refractivity contribution in [3.05, 3.63) is 47.8 Å². The number of rotatable bonds is 4. The molecular weight excluding hydrogens is 260 g/mol. The van der Waals surface area contributed by atoms with Crippen LogP contribution < -0.4 is 10.2 Å². The molecule has 1 aromatic heterocycles. The molecule has 0 bridgehead atoms. The third-order valence-corrected chi connectivity index (χ3v) is 3.24. The molecule has 0 amide bonds. The van der Waals surface area contributed by atoms with Gasteiger partial charge >= 0.3 is 0 Å². The first-order chi connectivity index (χ1) is 9.85. The Kier molecular flexibility index (Phi) is 4.58. The van der Waals surface area contributed by atoms with Crippen LogP contribution in [0.5, 0.6) is 0 Å². The molecule has 0 spiro atoms. The van der Waals surface area contributed by atoms with Gasteiger partial charge in [-0.1, -0.05) is 17.7 Å². The lowest BCUT2D eigenvalue weighted by molar-refractivity contribution is 0.423. The highest BCUT2D eigenvalue weighted by Crippen LogP contribution is 2.20. The van der Waals surface area contributed by atoms with Crippen LogP contribution in [0.1, 0.15) is 31.9 Å². The second kappa shape index (κ2) is 6.22. The van der Waals surface area contributed by atoms with E-state index < -0.39 is 0 Å². The monoisotopic (exact) mass is 284 g/mol. The highest BCUT2D eigenvalue weighted by atomic mass is 15.2. The van der Waals surface area contributed by atoms with Crippen molar-refractivity contribution < 1.29 is 0 Å². The van der Waals surface area contributed by atoms with Gasteiger partial charge in [0.05, 0.1) is 0 Å². The normalized spacial score (nSPS) is 11.5. The van der Waals surface area contributed by atoms with Gasteiger partial charge < -0.3 is 10.2 Å². The van der Waals surface area contributed by atoms with E-state index in [0.29, 0.717) is 5.95 Å². The van der Waals surface area contributed by atoms with Crippen molar-refractivity contribution in [1.29, 1.82) is 0 Å². The van der Waals surface area contributed by atoms with Crippen LogP contribution >= 0.6 is 0 Å². The second-order valence-electron chi connectivity index (χ2n) is 6.39. The zero-order valence-corrected chi connectivity index (χ0v) is 13.5. The Morgan fingerprint density at radius 3 is 2.14 bits per heavy atom. The van der Waals surface area contributed by atoms with Crippen molar-refractivity contribution in [2.75, 3.05) is 11.9 Å². The van der Waals surface area contributed by atoms with Gasteiger partial charge in [-0.3, -0.25) is 0 Å². The van der Waals surface area contributed by atoms with Crippen molar-refractivity contribution in [2.24, 2.45) is 0 Å². The molecule has 1 heterocycles. The summed E-state index contributed by atoms with van der Waals surface area (Å²) in [4.78, 5) is 10.9. The average Bonchev–Trinajstić information content (AvgIpc) is 2.45. The third-order valence-electron chi connectivity index (χ3n) is 3.24. The van der Waals surface area contributed by atoms with Gasteiger partial charge in [-0.15, -0.1) is 0 Å². The topological polar surface area (TPSA) is 41.1 Å². The van der Waals surface area contributed by atoms with E-state index in [1.54, 1.807) is 0 Å². The van der Waals surface area contributed by atoms with Crippen LogP contribution in [0, 0.1) is 6.92 Å². The van der Waals surface area contributed by atoms with Gasteiger partial charge in [0.15, 0.2) is 0 Å². The Labute approximate surface area is 127 Å². The lowest BCUT2D eigenvalue weighted by Crippen LogP contribution is -2.35. The smallest absolute Gasteiger partial charge is 0.229 e. The molecule has 0 aliphatic heterocycles. The molecule has 0 unspecified atom stereocenters. The molecular formula is C17H24N4. The Morgan fingerprint density at radius 2 is 1.62 bits per heavy atom. The first kappa shape index (κ1) is 15.4. The number of aromatic nitrogens is 2. The van der Waals surface area contributed by atoms with Gasteiger partial charge in [0, 0.05) is 42.8 Å². The zero-order chi connectivity index (χ0) is 15.5. The SMILES string of the molecule is Cc1ccc(N(C)c2ncc(CNC(C)(C)C)cn2)cc1. The number of anilines is 2.